The van der Waals surface area contributed by atoms with E-state index < -0.39 is 0 Å². The van der Waals surface area contributed by atoms with Gasteiger partial charge in [0, 0.05) is 18.5 Å². The Balaban J connectivity index is 2.75. The second-order valence-electron chi connectivity index (χ2n) is 4.22. The maximum Gasteiger partial charge on any atom is 0.137 e. The number of nitrogens with one attached hydrogen (secondary N) is 1. The molecule has 0 aliphatic heterocycles. The molecule has 4 nitrogen and oxygen atoms in total. The van der Waals surface area contributed by atoms with E-state index in [1.165, 1.54) is 0 Å². The molecule has 0 spiro atoms. The van der Waals surface area contributed by atoms with Gasteiger partial charge in [-0.05, 0) is 26.7 Å². The number of hydrogen-bond acceptors (Lipinski definition) is 4. The molecule has 2 N–H and O–H groups in total. The van der Waals surface area contributed by atoms with E-state index in [1.54, 1.807) is 6.92 Å². The first-order chi connectivity index (χ1) is 8.04. The molecule has 0 saturated heterocycles. The fourth-order valence-electron chi connectivity index (χ4n) is 1.44. The van der Waals surface area contributed by atoms with Gasteiger partial charge in [0.2, 0.25) is 0 Å². The lowest BCUT2D eigenvalue weighted by molar-refractivity contribution is 0.188. The van der Waals surface area contributed by atoms with Gasteiger partial charge in [0.05, 0.1) is 6.10 Å². The van der Waals surface area contributed by atoms with Crippen LogP contribution >= 0.6 is 11.6 Å². The van der Waals surface area contributed by atoms with Crippen LogP contribution in [0.5, 0.6) is 0 Å². The first-order valence-electron chi connectivity index (χ1n) is 5.99. The number of rotatable bonds is 6. The first-order valence-corrected chi connectivity index (χ1v) is 6.37. The van der Waals surface area contributed by atoms with Crippen LogP contribution in [-0.2, 0) is 6.42 Å². The zero-order valence-electron chi connectivity index (χ0n) is 10.6. The van der Waals surface area contributed by atoms with Gasteiger partial charge in [-0.1, -0.05) is 18.5 Å². The summed E-state index contributed by atoms with van der Waals surface area (Å²) < 4.78 is 0. The standard InChI is InChI=1S/C12H20ClN3O/c1-4-5-10-15-11(13)9(3)12(16-10)14-7-6-8(2)17/h8,17H,4-7H2,1-3H3,(H,14,15,16). The molecule has 1 rings (SSSR count). The van der Waals surface area contributed by atoms with Gasteiger partial charge in [-0.15, -0.1) is 0 Å². The molecule has 1 atom stereocenters. The molecule has 0 aromatic carbocycles. The van der Waals surface area contributed by atoms with Gasteiger partial charge in [0.25, 0.3) is 0 Å². The fraction of sp³-hybridized carbons (Fsp3) is 0.667. The third-order valence-corrected chi connectivity index (χ3v) is 2.83. The Kier molecular flexibility index (Phi) is 5.65. The van der Waals surface area contributed by atoms with Gasteiger partial charge >= 0.3 is 0 Å². The summed E-state index contributed by atoms with van der Waals surface area (Å²) in [7, 11) is 0. The lowest BCUT2D eigenvalue weighted by Gasteiger charge is -2.11. The molecule has 0 aliphatic carbocycles. The van der Waals surface area contributed by atoms with E-state index in [0.29, 0.717) is 18.1 Å². The van der Waals surface area contributed by atoms with E-state index in [4.69, 9.17) is 11.6 Å². The Morgan fingerprint density at radius 3 is 2.71 bits per heavy atom. The Bertz CT molecular complexity index is 369. The summed E-state index contributed by atoms with van der Waals surface area (Å²) in [6, 6.07) is 0. The van der Waals surface area contributed by atoms with Crippen LogP contribution in [0.4, 0.5) is 5.82 Å². The average Bonchev–Trinajstić information content (AvgIpc) is 2.24. The van der Waals surface area contributed by atoms with Gasteiger partial charge in [-0.2, -0.15) is 0 Å². The molecule has 1 aromatic rings. The van der Waals surface area contributed by atoms with Crippen LogP contribution in [0.15, 0.2) is 0 Å². The van der Waals surface area contributed by atoms with Gasteiger partial charge in [-0.3, -0.25) is 0 Å². The minimum atomic E-state index is -0.310. The fourth-order valence-corrected chi connectivity index (χ4v) is 1.63. The number of hydrogen-bond donors (Lipinski definition) is 2. The number of aryl methyl sites for hydroxylation is 1. The molecule has 0 saturated carbocycles. The molecule has 5 heteroatoms. The SMILES string of the molecule is CCCc1nc(Cl)c(C)c(NCCC(C)O)n1. The summed E-state index contributed by atoms with van der Waals surface area (Å²) in [6.07, 6.45) is 2.19. The summed E-state index contributed by atoms with van der Waals surface area (Å²) in [5.74, 6) is 1.54. The molecule has 0 amide bonds. The molecule has 1 unspecified atom stereocenters. The molecular weight excluding hydrogens is 238 g/mol. The molecule has 17 heavy (non-hydrogen) atoms. The third kappa shape index (κ3) is 4.48. The highest BCUT2D eigenvalue weighted by Gasteiger charge is 2.08. The maximum atomic E-state index is 9.19. The van der Waals surface area contributed by atoms with Crippen molar-refractivity contribution in [1.82, 2.24) is 9.97 Å². The summed E-state index contributed by atoms with van der Waals surface area (Å²) in [6.45, 7) is 6.42. The zero-order valence-corrected chi connectivity index (χ0v) is 11.4. The topological polar surface area (TPSA) is 58.0 Å². The molecule has 0 bridgehead atoms. The highest BCUT2D eigenvalue weighted by atomic mass is 35.5. The summed E-state index contributed by atoms with van der Waals surface area (Å²) in [5, 5.41) is 12.9. The van der Waals surface area contributed by atoms with Crippen LogP contribution in [0, 0.1) is 6.92 Å². The summed E-state index contributed by atoms with van der Waals surface area (Å²) >= 11 is 6.06. The lowest BCUT2D eigenvalue weighted by Crippen LogP contribution is -2.13. The Labute approximate surface area is 107 Å². The normalized spacial score (nSPS) is 12.5. The number of aromatic nitrogens is 2. The predicted molar refractivity (Wildman–Crippen MR) is 70.6 cm³/mol. The Morgan fingerprint density at radius 1 is 1.41 bits per heavy atom. The van der Waals surface area contributed by atoms with E-state index in [9.17, 15) is 5.11 Å². The van der Waals surface area contributed by atoms with Crippen molar-refractivity contribution in [2.45, 2.75) is 46.1 Å². The average molecular weight is 258 g/mol. The Hall–Kier alpha value is -0.870. The molecule has 1 heterocycles. The highest BCUT2D eigenvalue weighted by molar-refractivity contribution is 6.30. The second-order valence-corrected chi connectivity index (χ2v) is 4.58. The zero-order chi connectivity index (χ0) is 12.8. The van der Waals surface area contributed by atoms with E-state index in [0.717, 1.165) is 30.0 Å². The van der Waals surface area contributed by atoms with Crippen molar-refractivity contribution in [1.29, 1.82) is 0 Å². The van der Waals surface area contributed by atoms with Crippen molar-refractivity contribution < 1.29 is 5.11 Å². The van der Waals surface area contributed by atoms with Gasteiger partial charge < -0.3 is 10.4 Å². The summed E-state index contributed by atoms with van der Waals surface area (Å²) in [5.41, 5.74) is 0.858. The smallest absolute Gasteiger partial charge is 0.137 e. The van der Waals surface area contributed by atoms with Gasteiger partial charge in [-0.25, -0.2) is 9.97 Å². The lowest BCUT2D eigenvalue weighted by atomic mass is 10.2. The van der Waals surface area contributed by atoms with E-state index in [2.05, 4.69) is 22.2 Å². The second kappa shape index (κ2) is 6.77. The predicted octanol–water partition coefficient (Wildman–Crippen LogP) is 2.57. The van der Waals surface area contributed by atoms with Crippen molar-refractivity contribution in [2.24, 2.45) is 0 Å². The van der Waals surface area contributed by atoms with Crippen LogP contribution < -0.4 is 5.32 Å². The first kappa shape index (κ1) is 14.2. The van der Waals surface area contributed by atoms with Crippen molar-refractivity contribution in [3.63, 3.8) is 0 Å². The van der Waals surface area contributed by atoms with Crippen LogP contribution in [0.25, 0.3) is 0 Å². The Morgan fingerprint density at radius 2 is 2.12 bits per heavy atom. The largest absolute Gasteiger partial charge is 0.393 e. The number of halogens is 1. The quantitative estimate of drug-likeness (QED) is 0.769. The van der Waals surface area contributed by atoms with Crippen molar-refractivity contribution in [3.8, 4) is 0 Å². The maximum absolute atomic E-state index is 9.19. The third-order valence-electron chi connectivity index (χ3n) is 2.46. The number of anilines is 1. The minimum Gasteiger partial charge on any atom is -0.393 e. The van der Waals surface area contributed by atoms with E-state index >= 15 is 0 Å². The van der Waals surface area contributed by atoms with Crippen LogP contribution in [0.3, 0.4) is 0 Å². The van der Waals surface area contributed by atoms with Crippen molar-refractivity contribution in [3.05, 3.63) is 16.5 Å². The number of nitrogens with zero attached hydrogens (tertiary/aromatic N) is 2. The van der Waals surface area contributed by atoms with Crippen molar-refractivity contribution >= 4 is 17.4 Å². The number of aliphatic hydroxyl groups is 1. The van der Waals surface area contributed by atoms with Crippen LogP contribution in [0.1, 0.15) is 38.1 Å². The molecule has 0 aliphatic rings. The highest BCUT2D eigenvalue weighted by Crippen LogP contribution is 2.20. The molecule has 0 fully saturated rings. The number of aliphatic hydroxyl groups excluding tert-OH is 1. The van der Waals surface area contributed by atoms with Gasteiger partial charge in [0.1, 0.15) is 16.8 Å². The van der Waals surface area contributed by atoms with Crippen molar-refractivity contribution in [2.75, 3.05) is 11.9 Å². The van der Waals surface area contributed by atoms with Crippen LogP contribution in [-0.4, -0.2) is 27.7 Å². The van der Waals surface area contributed by atoms with E-state index in [-0.39, 0.29) is 6.10 Å². The molecule has 1 aromatic heterocycles. The molecule has 96 valence electrons. The van der Waals surface area contributed by atoms with Crippen LogP contribution in [0.2, 0.25) is 5.15 Å². The van der Waals surface area contributed by atoms with Gasteiger partial charge in [0.15, 0.2) is 0 Å². The van der Waals surface area contributed by atoms with E-state index in [1.807, 2.05) is 6.92 Å². The monoisotopic (exact) mass is 257 g/mol. The minimum absolute atomic E-state index is 0.310. The summed E-state index contributed by atoms with van der Waals surface area (Å²) in [4.78, 5) is 8.66. The molecule has 0 radical (unpaired) electrons. The molecular formula is C12H20ClN3O.